The fourth-order valence-corrected chi connectivity index (χ4v) is 2.10. The minimum Gasteiger partial charge on any atom is -0.422 e. The molecule has 98 valence electrons. The van der Waals surface area contributed by atoms with Gasteiger partial charge >= 0.3 is 5.63 Å². The molecule has 0 atom stereocenters. The van der Waals surface area contributed by atoms with Crippen LogP contribution < -0.4 is 5.63 Å². The van der Waals surface area contributed by atoms with Crippen molar-refractivity contribution in [1.29, 1.82) is 0 Å². The van der Waals surface area contributed by atoms with Gasteiger partial charge in [0.25, 0.3) is 5.69 Å². The highest BCUT2D eigenvalue weighted by atomic mass is 16.6. The summed E-state index contributed by atoms with van der Waals surface area (Å²) in [7, 11) is 0. The van der Waals surface area contributed by atoms with E-state index in [-0.39, 0.29) is 16.5 Å². The number of rotatable bonds is 2. The zero-order chi connectivity index (χ0) is 14.1. The van der Waals surface area contributed by atoms with E-state index in [9.17, 15) is 14.9 Å². The third kappa shape index (κ3) is 1.95. The Morgan fingerprint density at radius 1 is 0.950 bits per heavy atom. The van der Waals surface area contributed by atoms with E-state index >= 15 is 0 Å². The van der Waals surface area contributed by atoms with Crippen molar-refractivity contribution in [3.8, 4) is 11.3 Å². The maximum Gasteiger partial charge on any atom is 0.344 e. The van der Waals surface area contributed by atoms with Crippen molar-refractivity contribution in [3.63, 3.8) is 0 Å². The quantitative estimate of drug-likeness (QED) is 0.527. The van der Waals surface area contributed by atoms with Crippen molar-refractivity contribution in [3.05, 3.63) is 75.1 Å². The predicted molar refractivity (Wildman–Crippen MR) is 74.6 cm³/mol. The van der Waals surface area contributed by atoms with Crippen LogP contribution >= 0.6 is 0 Å². The van der Waals surface area contributed by atoms with Gasteiger partial charge in [0, 0.05) is 11.6 Å². The second-order valence-corrected chi connectivity index (χ2v) is 4.26. The van der Waals surface area contributed by atoms with Crippen LogP contribution in [0, 0.1) is 10.1 Å². The Bertz CT molecular complexity index is 853. The van der Waals surface area contributed by atoms with E-state index in [0.717, 1.165) is 0 Å². The summed E-state index contributed by atoms with van der Waals surface area (Å²) in [5.41, 5.74) is 0.0160. The summed E-state index contributed by atoms with van der Waals surface area (Å²) in [4.78, 5) is 22.5. The highest BCUT2D eigenvalue weighted by Crippen LogP contribution is 2.27. The van der Waals surface area contributed by atoms with E-state index in [1.54, 1.807) is 24.3 Å². The van der Waals surface area contributed by atoms with Crippen molar-refractivity contribution in [1.82, 2.24) is 0 Å². The van der Waals surface area contributed by atoms with Crippen molar-refractivity contribution >= 4 is 16.5 Å². The average Bonchev–Trinajstić information content (AvgIpc) is 2.47. The topological polar surface area (TPSA) is 73.3 Å². The average molecular weight is 268 g/mol. The third-order valence-electron chi connectivity index (χ3n) is 3.04. The van der Waals surface area contributed by atoms with Gasteiger partial charge in [0.1, 0.15) is 5.76 Å². The molecule has 0 radical (unpaired) electrons. The fourth-order valence-electron chi connectivity index (χ4n) is 2.10. The molecule has 0 aliphatic carbocycles. The molecule has 0 N–H and O–H groups in total. The van der Waals surface area contributed by atoms with Crippen LogP contribution in [0.2, 0.25) is 0 Å². The minimum absolute atomic E-state index is 0.104. The van der Waals surface area contributed by atoms with Gasteiger partial charge in [-0.05, 0) is 12.1 Å². The molecule has 5 nitrogen and oxygen atoms in total. The van der Waals surface area contributed by atoms with Gasteiger partial charge in [0.05, 0.1) is 15.7 Å². The Balaban J connectivity index is 2.36. The molecule has 3 aromatic rings. The summed E-state index contributed by atoms with van der Waals surface area (Å²) < 4.78 is 5.23. The highest BCUT2D eigenvalue weighted by Gasteiger charge is 2.15. The molecule has 20 heavy (non-hydrogen) atoms. The maximum atomic E-state index is 12.0. The SMILES string of the molecule is O=c1o[13c](-c2ccccc2)cc2c([N+](=O)[O-])cccc12. The Morgan fingerprint density at radius 2 is 1.70 bits per heavy atom. The molecule has 0 amide bonds. The normalized spacial score (nSPS) is 10.6. The van der Waals surface area contributed by atoms with Gasteiger partial charge in [-0.3, -0.25) is 10.1 Å². The van der Waals surface area contributed by atoms with Crippen molar-refractivity contribution in [2.24, 2.45) is 0 Å². The van der Waals surface area contributed by atoms with Crippen molar-refractivity contribution in [2.75, 3.05) is 0 Å². The van der Waals surface area contributed by atoms with Crippen molar-refractivity contribution < 1.29 is 9.34 Å². The second kappa shape index (κ2) is 4.62. The van der Waals surface area contributed by atoms with Gasteiger partial charge in [-0.2, -0.15) is 0 Å². The Kier molecular flexibility index (Phi) is 2.80. The van der Waals surface area contributed by atoms with Crippen LogP contribution in [0.25, 0.3) is 22.1 Å². The summed E-state index contributed by atoms with van der Waals surface area (Å²) in [6.45, 7) is 0. The summed E-state index contributed by atoms with van der Waals surface area (Å²) in [5.74, 6) is 0.317. The van der Waals surface area contributed by atoms with Gasteiger partial charge in [0.2, 0.25) is 0 Å². The molecular formula is C15H9NO4. The summed E-state index contributed by atoms with van der Waals surface area (Å²) in [6.07, 6.45) is 0. The molecule has 0 spiro atoms. The molecule has 1 aromatic heterocycles. The zero-order valence-corrected chi connectivity index (χ0v) is 10.3. The van der Waals surface area contributed by atoms with Crippen LogP contribution in [-0.4, -0.2) is 4.92 Å². The van der Waals surface area contributed by atoms with Gasteiger partial charge in [-0.1, -0.05) is 36.4 Å². The predicted octanol–water partition coefficient (Wildman–Crippen LogP) is 3.37. The van der Waals surface area contributed by atoms with Gasteiger partial charge in [-0.25, -0.2) is 4.79 Å². The molecule has 2 aromatic carbocycles. The van der Waals surface area contributed by atoms with Crippen LogP contribution in [0.15, 0.2) is 63.8 Å². The summed E-state index contributed by atoms with van der Waals surface area (Å²) >= 11 is 0. The van der Waals surface area contributed by atoms with Crippen LogP contribution in [0.3, 0.4) is 0 Å². The number of fused-ring (bicyclic) bond motifs is 1. The van der Waals surface area contributed by atoms with Crippen LogP contribution in [0.5, 0.6) is 0 Å². The molecule has 0 unspecified atom stereocenters. The Hall–Kier alpha value is -2.95. The minimum atomic E-state index is -0.579. The highest BCUT2D eigenvalue weighted by molar-refractivity contribution is 5.91. The van der Waals surface area contributed by atoms with Gasteiger partial charge < -0.3 is 4.42 Å². The monoisotopic (exact) mass is 268 g/mol. The van der Waals surface area contributed by atoms with E-state index in [0.29, 0.717) is 11.3 Å². The van der Waals surface area contributed by atoms with E-state index in [1.807, 2.05) is 6.07 Å². The fraction of sp³-hybridized carbons (Fsp3) is 0. The number of nitrogens with zero attached hydrogens (tertiary/aromatic N) is 1. The number of nitro benzene ring substituents is 1. The first kappa shape index (κ1) is 12.1. The first-order chi connectivity index (χ1) is 9.66. The number of non-ortho nitro benzene ring substituents is 1. The molecule has 0 aliphatic heterocycles. The number of hydrogen-bond acceptors (Lipinski definition) is 4. The molecule has 1 heterocycles. The van der Waals surface area contributed by atoms with Gasteiger partial charge in [-0.15, -0.1) is 0 Å². The van der Waals surface area contributed by atoms with E-state index in [2.05, 4.69) is 0 Å². The molecule has 3 rings (SSSR count). The molecule has 0 bridgehead atoms. The van der Waals surface area contributed by atoms with Crippen LogP contribution in [0.1, 0.15) is 0 Å². The summed E-state index contributed by atoms with van der Waals surface area (Å²) in [6, 6.07) is 14.9. The third-order valence-corrected chi connectivity index (χ3v) is 3.04. The van der Waals surface area contributed by atoms with Gasteiger partial charge in [0.15, 0.2) is 0 Å². The van der Waals surface area contributed by atoms with E-state index in [1.165, 1.54) is 24.3 Å². The molecule has 0 aliphatic rings. The summed E-state index contributed by atoms with van der Waals surface area (Å²) in [5, 5.41) is 11.5. The first-order valence-corrected chi connectivity index (χ1v) is 5.93. The molecule has 5 heteroatoms. The molecular weight excluding hydrogens is 259 g/mol. The second-order valence-electron chi connectivity index (χ2n) is 4.26. The van der Waals surface area contributed by atoms with E-state index in [4.69, 9.17) is 4.42 Å². The largest absolute Gasteiger partial charge is 0.422 e. The molecule has 0 saturated carbocycles. The molecule has 0 saturated heterocycles. The first-order valence-electron chi connectivity index (χ1n) is 5.93. The van der Waals surface area contributed by atoms with Crippen molar-refractivity contribution in [2.45, 2.75) is 0 Å². The lowest BCUT2D eigenvalue weighted by molar-refractivity contribution is -0.383. The van der Waals surface area contributed by atoms with Crippen LogP contribution in [-0.2, 0) is 0 Å². The standard InChI is InChI=1S/C15H9NO4/c17-15-11-7-4-8-13(16(18)19)12(11)9-14(20-15)10-5-2-1-3-6-10/h1-9H/i14+1. The molecule has 0 fully saturated rings. The number of hydrogen-bond donors (Lipinski definition) is 0. The smallest absolute Gasteiger partial charge is 0.344 e. The number of benzene rings is 2. The lowest BCUT2D eigenvalue weighted by Crippen LogP contribution is -2.02. The Labute approximate surface area is 113 Å². The maximum absolute atomic E-state index is 12.0. The zero-order valence-electron chi connectivity index (χ0n) is 10.3. The number of nitro groups is 1. The van der Waals surface area contributed by atoms with E-state index < -0.39 is 10.5 Å². The lowest BCUT2D eigenvalue weighted by atomic mass is 10.1. The Morgan fingerprint density at radius 3 is 2.40 bits per heavy atom. The lowest BCUT2D eigenvalue weighted by Gasteiger charge is -2.03. The van der Waals surface area contributed by atoms with Crippen LogP contribution in [0.4, 0.5) is 5.69 Å².